The van der Waals surface area contributed by atoms with Gasteiger partial charge in [-0.15, -0.1) is 11.3 Å². The van der Waals surface area contributed by atoms with Gasteiger partial charge in [-0.25, -0.2) is 4.98 Å². The monoisotopic (exact) mass is 279 g/mol. The normalized spacial score (nSPS) is 19.4. The minimum absolute atomic E-state index is 0.187. The molecule has 1 aromatic rings. The third-order valence-corrected chi connectivity index (χ3v) is 4.03. The zero-order valence-corrected chi connectivity index (χ0v) is 10.9. The highest BCUT2D eigenvalue weighted by Crippen LogP contribution is 2.35. The van der Waals surface area contributed by atoms with E-state index < -0.39 is 11.9 Å². The van der Waals surface area contributed by atoms with Crippen LogP contribution in [0.15, 0.2) is 0 Å². The first-order chi connectivity index (χ1) is 8.36. The number of aromatic nitrogens is 1. The van der Waals surface area contributed by atoms with E-state index >= 15 is 0 Å². The number of nitrogens with two attached hydrogens (primary N) is 1. The molecule has 0 aliphatic carbocycles. The van der Waals surface area contributed by atoms with Crippen molar-refractivity contribution < 1.29 is 13.2 Å². The van der Waals surface area contributed by atoms with E-state index in [1.807, 2.05) is 4.90 Å². The molecule has 7 heteroatoms. The molecule has 1 aromatic heterocycles. The molecular weight excluding hydrogens is 263 g/mol. The van der Waals surface area contributed by atoms with Gasteiger partial charge < -0.3 is 5.73 Å². The van der Waals surface area contributed by atoms with Crippen molar-refractivity contribution in [1.29, 1.82) is 0 Å². The van der Waals surface area contributed by atoms with Gasteiger partial charge in [-0.1, -0.05) is 0 Å². The topological polar surface area (TPSA) is 42.2 Å². The Morgan fingerprint density at radius 2 is 2.00 bits per heavy atom. The summed E-state index contributed by atoms with van der Waals surface area (Å²) in [6, 6.07) is 0.187. The number of halogens is 3. The van der Waals surface area contributed by atoms with Gasteiger partial charge in [-0.05, 0) is 32.9 Å². The summed E-state index contributed by atoms with van der Waals surface area (Å²) < 4.78 is 38.4. The molecule has 1 aliphatic rings. The second-order valence-electron chi connectivity index (χ2n) is 4.62. The van der Waals surface area contributed by atoms with Gasteiger partial charge in [0.2, 0.25) is 0 Å². The molecule has 102 valence electrons. The lowest BCUT2D eigenvalue weighted by Gasteiger charge is -2.29. The lowest BCUT2D eigenvalue weighted by molar-refractivity contribution is -0.141. The van der Waals surface area contributed by atoms with Crippen LogP contribution in [-0.4, -0.2) is 29.0 Å². The minimum atomic E-state index is -4.35. The highest BCUT2D eigenvalue weighted by Gasteiger charge is 2.37. The Labute approximate surface area is 108 Å². The standard InChI is InChI=1S/C11H16F3N3S/c1-7-16-10(11(12,13)14)9(18-7)6-17-4-2-8(15)3-5-17/h8H,2-6,15H2,1H3. The van der Waals surface area contributed by atoms with Crippen molar-refractivity contribution in [1.82, 2.24) is 9.88 Å². The van der Waals surface area contributed by atoms with E-state index in [0.29, 0.717) is 16.4 Å². The number of piperidine rings is 1. The maximum atomic E-state index is 12.8. The molecule has 2 rings (SSSR count). The molecule has 0 atom stereocenters. The molecule has 1 saturated heterocycles. The van der Waals surface area contributed by atoms with E-state index in [-0.39, 0.29) is 6.04 Å². The van der Waals surface area contributed by atoms with Gasteiger partial charge in [0.1, 0.15) is 0 Å². The number of thiazole rings is 1. The third kappa shape index (κ3) is 3.21. The SMILES string of the molecule is Cc1nc(C(F)(F)F)c(CN2CCC(N)CC2)s1. The third-order valence-electron chi connectivity index (χ3n) is 3.07. The molecule has 0 radical (unpaired) electrons. The Balaban J connectivity index is 2.09. The molecule has 3 nitrogen and oxygen atoms in total. The zero-order chi connectivity index (χ0) is 13.3. The largest absolute Gasteiger partial charge is 0.434 e. The Kier molecular flexibility index (Phi) is 3.93. The van der Waals surface area contributed by atoms with Crippen LogP contribution in [0.1, 0.15) is 28.4 Å². The van der Waals surface area contributed by atoms with Crippen LogP contribution in [0.25, 0.3) is 0 Å². The van der Waals surface area contributed by atoms with E-state index in [4.69, 9.17) is 5.73 Å². The van der Waals surface area contributed by atoms with Crippen LogP contribution in [-0.2, 0) is 12.7 Å². The summed E-state index contributed by atoms with van der Waals surface area (Å²) in [5, 5.41) is 0.464. The molecule has 2 N–H and O–H groups in total. The number of hydrogen-bond acceptors (Lipinski definition) is 4. The van der Waals surface area contributed by atoms with Crippen molar-refractivity contribution in [3.8, 4) is 0 Å². The average molecular weight is 279 g/mol. The molecule has 0 amide bonds. The first-order valence-electron chi connectivity index (χ1n) is 5.87. The highest BCUT2D eigenvalue weighted by molar-refractivity contribution is 7.11. The van der Waals surface area contributed by atoms with Crippen molar-refractivity contribution >= 4 is 11.3 Å². The van der Waals surface area contributed by atoms with Crippen LogP contribution < -0.4 is 5.73 Å². The first kappa shape index (κ1) is 13.8. The quantitative estimate of drug-likeness (QED) is 0.904. The average Bonchev–Trinajstić information content (AvgIpc) is 2.63. The van der Waals surface area contributed by atoms with Crippen molar-refractivity contribution in [2.45, 2.75) is 38.5 Å². The Bertz CT molecular complexity index is 408. The maximum absolute atomic E-state index is 12.8. The summed E-state index contributed by atoms with van der Waals surface area (Å²) in [4.78, 5) is 5.94. The molecular formula is C11H16F3N3S. The lowest BCUT2D eigenvalue weighted by atomic mass is 10.1. The Morgan fingerprint density at radius 1 is 1.39 bits per heavy atom. The molecule has 0 unspecified atom stereocenters. The summed E-state index contributed by atoms with van der Waals surface area (Å²) in [6.45, 7) is 3.45. The van der Waals surface area contributed by atoms with Gasteiger partial charge in [0.05, 0.1) is 9.88 Å². The summed E-state index contributed by atoms with van der Waals surface area (Å²) in [5.74, 6) is 0. The highest BCUT2D eigenvalue weighted by atomic mass is 32.1. The first-order valence-corrected chi connectivity index (χ1v) is 6.69. The van der Waals surface area contributed by atoms with Crippen molar-refractivity contribution in [3.63, 3.8) is 0 Å². The number of rotatable bonds is 2. The van der Waals surface area contributed by atoms with Gasteiger partial charge in [-0.2, -0.15) is 13.2 Å². The van der Waals surface area contributed by atoms with Gasteiger partial charge in [0.15, 0.2) is 5.69 Å². The van der Waals surface area contributed by atoms with E-state index in [2.05, 4.69) is 4.98 Å². The zero-order valence-electron chi connectivity index (χ0n) is 10.1. The predicted molar refractivity (Wildman–Crippen MR) is 64.3 cm³/mol. The van der Waals surface area contributed by atoms with Crippen molar-refractivity contribution in [2.75, 3.05) is 13.1 Å². The van der Waals surface area contributed by atoms with E-state index in [1.54, 1.807) is 6.92 Å². The lowest BCUT2D eigenvalue weighted by Crippen LogP contribution is -2.39. The molecule has 0 saturated carbocycles. The van der Waals surface area contributed by atoms with Gasteiger partial charge >= 0.3 is 6.18 Å². The van der Waals surface area contributed by atoms with Gasteiger partial charge in [0.25, 0.3) is 0 Å². The fraction of sp³-hybridized carbons (Fsp3) is 0.727. The second kappa shape index (κ2) is 5.14. The van der Waals surface area contributed by atoms with Gasteiger partial charge in [-0.3, -0.25) is 4.90 Å². The van der Waals surface area contributed by atoms with Crippen LogP contribution in [0, 0.1) is 6.92 Å². The van der Waals surface area contributed by atoms with E-state index in [0.717, 1.165) is 37.3 Å². The summed E-state index contributed by atoms with van der Waals surface area (Å²) in [5.41, 5.74) is 5.05. The molecule has 0 bridgehead atoms. The maximum Gasteiger partial charge on any atom is 0.434 e. The van der Waals surface area contributed by atoms with Crippen LogP contribution >= 0.6 is 11.3 Å². The number of likely N-dealkylation sites (tertiary alicyclic amines) is 1. The number of nitrogens with zero attached hydrogens (tertiary/aromatic N) is 2. The smallest absolute Gasteiger partial charge is 0.328 e. The molecule has 1 aliphatic heterocycles. The molecule has 2 heterocycles. The fourth-order valence-electron chi connectivity index (χ4n) is 2.11. The number of hydrogen-bond donors (Lipinski definition) is 1. The van der Waals surface area contributed by atoms with Crippen LogP contribution in [0.3, 0.4) is 0 Å². The summed E-state index contributed by atoms with van der Waals surface area (Å²) in [7, 11) is 0. The molecule has 0 spiro atoms. The van der Waals surface area contributed by atoms with Crippen LogP contribution in [0.5, 0.6) is 0 Å². The molecule has 0 aromatic carbocycles. The number of aryl methyl sites for hydroxylation is 1. The summed E-state index contributed by atoms with van der Waals surface area (Å²) in [6.07, 6.45) is -2.66. The van der Waals surface area contributed by atoms with Crippen LogP contribution in [0.4, 0.5) is 13.2 Å². The number of alkyl halides is 3. The predicted octanol–water partition coefficient (Wildman–Crippen LogP) is 2.39. The second-order valence-corrected chi connectivity index (χ2v) is 5.90. The fourth-order valence-corrected chi connectivity index (χ4v) is 3.11. The Morgan fingerprint density at radius 3 is 2.56 bits per heavy atom. The van der Waals surface area contributed by atoms with Crippen molar-refractivity contribution in [3.05, 3.63) is 15.6 Å². The molecule has 18 heavy (non-hydrogen) atoms. The van der Waals surface area contributed by atoms with Crippen LogP contribution in [0.2, 0.25) is 0 Å². The Hall–Kier alpha value is -0.660. The van der Waals surface area contributed by atoms with E-state index in [9.17, 15) is 13.2 Å². The summed E-state index contributed by atoms with van der Waals surface area (Å²) >= 11 is 1.13. The van der Waals surface area contributed by atoms with E-state index in [1.165, 1.54) is 0 Å². The minimum Gasteiger partial charge on any atom is -0.328 e. The molecule has 1 fully saturated rings. The van der Waals surface area contributed by atoms with Crippen molar-refractivity contribution in [2.24, 2.45) is 5.73 Å². The van der Waals surface area contributed by atoms with Gasteiger partial charge in [0, 0.05) is 12.6 Å².